The van der Waals surface area contributed by atoms with Gasteiger partial charge in [0.25, 0.3) is 5.91 Å². The van der Waals surface area contributed by atoms with E-state index in [1.54, 1.807) is 12.1 Å². The van der Waals surface area contributed by atoms with Crippen molar-refractivity contribution in [2.45, 2.75) is 13.3 Å². The van der Waals surface area contributed by atoms with Gasteiger partial charge in [0.1, 0.15) is 5.82 Å². The van der Waals surface area contributed by atoms with Gasteiger partial charge >= 0.3 is 0 Å². The van der Waals surface area contributed by atoms with E-state index in [-0.39, 0.29) is 11.7 Å². The molecule has 1 aromatic carbocycles. The molecule has 2 rings (SSSR count). The Hall–Kier alpha value is -1.64. The van der Waals surface area contributed by atoms with Crippen LogP contribution in [-0.2, 0) is 4.79 Å². The van der Waals surface area contributed by atoms with Crippen LogP contribution in [0.25, 0.3) is 5.57 Å². The topological polar surface area (TPSA) is 29.1 Å². The van der Waals surface area contributed by atoms with Crippen molar-refractivity contribution in [3.63, 3.8) is 0 Å². The van der Waals surface area contributed by atoms with Gasteiger partial charge in [0.05, 0.1) is 0 Å². The molecule has 2 nitrogen and oxygen atoms in total. The van der Waals surface area contributed by atoms with Crippen LogP contribution in [0.1, 0.15) is 18.9 Å². The van der Waals surface area contributed by atoms with Crippen molar-refractivity contribution in [2.24, 2.45) is 0 Å². The summed E-state index contributed by atoms with van der Waals surface area (Å²) < 4.78 is 12.7. The summed E-state index contributed by atoms with van der Waals surface area (Å²) in [5.41, 5.74) is 2.53. The van der Waals surface area contributed by atoms with Gasteiger partial charge in [-0.05, 0) is 31.0 Å². The smallest absolute Gasteiger partial charge is 0.251 e. The van der Waals surface area contributed by atoms with E-state index in [1.807, 2.05) is 6.92 Å². The summed E-state index contributed by atoms with van der Waals surface area (Å²) in [5.74, 6) is -0.349. The van der Waals surface area contributed by atoms with E-state index in [4.69, 9.17) is 0 Å². The molecule has 0 unspecified atom stereocenters. The zero-order valence-corrected chi connectivity index (χ0v) is 8.51. The molecule has 3 heteroatoms. The fourth-order valence-electron chi connectivity index (χ4n) is 1.76. The lowest BCUT2D eigenvalue weighted by molar-refractivity contribution is -0.115. The first-order chi connectivity index (χ1) is 7.18. The summed E-state index contributed by atoms with van der Waals surface area (Å²) in [7, 11) is 0. The molecule has 0 radical (unpaired) electrons. The summed E-state index contributed by atoms with van der Waals surface area (Å²) in [6.45, 7) is 2.63. The molecule has 0 saturated carbocycles. The molecule has 0 fully saturated rings. The summed E-state index contributed by atoms with van der Waals surface area (Å²) in [6, 6.07) is 6.02. The SMILES string of the molecule is CC1=C(c2ccc(F)cc2)C(=O)NCC1. The number of benzene rings is 1. The minimum atomic E-state index is -0.284. The zero-order chi connectivity index (χ0) is 10.8. The molecule has 1 aliphatic heterocycles. The van der Waals surface area contributed by atoms with Gasteiger partial charge in [-0.2, -0.15) is 0 Å². The summed E-state index contributed by atoms with van der Waals surface area (Å²) in [4.78, 5) is 11.6. The van der Waals surface area contributed by atoms with Crippen LogP contribution in [-0.4, -0.2) is 12.5 Å². The summed E-state index contributed by atoms with van der Waals surface area (Å²) in [6.07, 6.45) is 0.860. The molecule has 0 atom stereocenters. The van der Waals surface area contributed by atoms with E-state index >= 15 is 0 Å². The van der Waals surface area contributed by atoms with Gasteiger partial charge in [0.2, 0.25) is 0 Å². The quantitative estimate of drug-likeness (QED) is 0.747. The van der Waals surface area contributed by atoms with Crippen molar-refractivity contribution in [3.8, 4) is 0 Å². The Kier molecular flexibility index (Phi) is 2.54. The molecule has 0 aromatic heterocycles. The summed E-state index contributed by atoms with van der Waals surface area (Å²) in [5, 5.41) is 2.79. The van der Waals surface area contributed by atoms with E-state index in [2.05, 4.69) is 5.32 Å². The highest BCUT2D eigenvalue weighted by atomic mass is 19.1. The number of hydrogen-bond acceptors (Lipinski definition) is 1. The normalized spacial score (nSPS) is 16.5. The lowest BCUT2D eigenvalue weighted by Gasteiger charge is -2.18. The second kappa shape index (κ2) is 3.85. The molecule has 1 amide bonds. The Morgan fingerprint density at radius 1 is 1.27 bits per heavy atom. The van der Waals surface area contributed by atoms with Gasteiger partial charge in [0.15, 0.2) is 0 Å². The molecular formula is C12H12FNO. The van der Waals surface area contributed by atoms with Crippen molar-refractivity contribution in [1.29, 1.82) is 0 Å². The second-order valence-electron chi connectivity index (χ2n) is 3.67. The first-order valence-electron chi connectivity index (χ1n) is 4.92. The fourth-order valence-corrected chi connectivity index (χ4v) is 1.76. The standard InChI is InChI=1S/C12H12FNO/c1-8-6-7-14-12(15)11(8)9-2-4-10(13)5-3-9/h2-5H,6-7H2,1H3,(H,14,15). The van der Waals surface area contributed by atoms with E-state index in [0.717, 1.165) is 17.6 Å². The maximum atomic E-state index is 12.7. The van der Waals surface area contributed by atoms with Gasteiger partial charge in [0, 0.05) is 12.1 Å². The number of carbonyl (C=O) groups excluding carboxylic acids is 1. The molecule has 0 bridgehead atoms. The van der Waals surface area contributed by atoms with Gasteiger partial charge < -0.3 is 5.32 Å². The van der Waals surface area contributed by atoms with Crippen molar-refractivity contribution < 1.29 is 9.18 Å². The average Bonchev–Trinajstić information content (AvgIpc) is 2.20. The molecule has 1 aliphatic rings. The Balaban J connectivity index is 2.44. The third-order valence-electron chi connectivity index (χ3n) is 2.57. The fraction of sp³-hybridized carbons (Fsp3) is 0.250. The lowest BCUT2D eigenvalue weighted by Crippen LogP contribution is -2.30. The maximum Gasteiger partial charge on any atom is 0.251 e. The maximum absolute atomic E-state index is 12.7. The number of rotatable bonds is 1. The Morgan fingerprint density at radius 3 is 2.53 bits per heavy atom. The number of amides is 1. The largest absolute Gasteiger partial charge is 0.352 e. The number of carbonyl (C=O) groups is 1. The number of nitrogens with one attached hydrogen (secondary N) is 1. The summed E-state index contributed by atoms with van der Waals surface area (Å²) >= 11 is 0. The predicted octanol–water partition coefficient (Wildman–Crippen LogP) is 2.12. The van der Waals surface area contributed by atoms with Crippen LogP contribution in [0.2, 0.25) is 0 Å². The van der Waals surface area contributed by atoms with Gasteiger partial charge in [-0.1, -0.05) is 17.7 Å². The van der Waals surface area contributed by atoms with Gasteiger partial charge in [-0.15, -0.1) is 0 Å². The van der Waals surface area contributed by atoms with Crippen LogP contribution >= 0.6 is 0 Å². The van der Waals surface area contributed by atoms with Crippen LogP contribution in [0.3, 0.4) is 0 Å². The number of halogens is 1. The average molecular weight is 205 g/mol. The molecule has 1 heterocycles. The van der Waals surface area contributed by atoms with Crippen LogP contribution < -0.4 is 5.32 Å². The van der Waals surface area contributed by atoms with Crippen molar-refractivity contribution in [2.75, 3.05) is 6.54 Å². The van der Waals surface area contributed by atoms with Crippen molar-refractivity contribution >= 4 is 11.5 Å². The second-order valence-corrected chi connectivity index (χ2v) is 3.67. The van der Waals surface area contributed by atoms with Crippen LogP contribution in [0.15, 0.2) is 29.8 Å². The van der Waals surface area contributed by atoms with E-state index in [1.165, 1.54) is 12.1 Å². The first kappa shape index (κ1) is 9.90. The van der Waals surface area contributed by atoms with E-state index in [9.17, 15) is 9.18 Å². The molecule has 0 aliphatic carbocycles. The Labute approximate surface area is 87.8 Å². The third kappa shape index (κ3) is 1.91. The van der Waals surface area contributed by atoms with Crippen molar-refractivity contribution in [1.82, 2.24) is 5.32 Å². The van der Waals surface area contributed by atoms with Crippen LogP contribution in [0.5, 0.6) is 0 Å². The van der Waals surface area contributed by atoms with Crippen LogP contribution in [0.4, 0.5) is 4.39 Å². The minimum Gasteiger partial charge on any atom is -0.352 e. The highest BCUT2D eigenvalue weighted by Crippen LogP contribution is 2.23. The monoisotopic (exact) mass is 205 g/mol. The molecule has 1 N–H and O–H groups in total. The van der Waals surface area contributed by atoms with Crippen LogP contribution in [0, 0.1) is 5.82 Å². The Morgan fingerprint density at radius 2 is 1.93 bits per heavy atom. The highest BCUT2D eigenvalue weighted by Gasteiger charge is 2.18. The minimum absolute atomic E-state index is 0.0645. The third-order valence-corrected chi connectivity index (χ3v) is 2.57. The molecular weight excluding hydrogens is 193 g/mol. The zero-order valence-electron chi connectivity index (χ0n) is 8.51. The first-order valence-corrected chi connectivity index (χ1v) is 4.92. The van der Waals surface area contributed by atoms with Crippen molar-refractivity contribution in [3.05, 3.63) is 41.2 Å². The van der Waals surface area contributed by atoms with E-state index < -0.39 is 0 Å². The predicted molar refractivity (Wildman–Crippen MR) is 56.6 cm³/mol. The lowest BCUT2D eigenvalue weighted by atomic mass is 9.95. The van der Waals surface area contributed by atoms with Gasteiger partial charge in [-0.3, -0.25) is 4.79 Å². The molecule has 0 spiro atoms. The Bertz CT molecular complexity index is 420. The van der Waals surface area contributed by atoms with Gasteiger partial charge in [-0.25, -0.2) is 4.39 Å². The molecule has 0 saturated heterocycles. The molecule has 1 aromatic rings. The highest BCUT2D eigenvalue weighted by molar-refractivity contribution is 6.21. The molecule has 15 heavy (non-hydrogen) atoms. The van der Waals surface area contributed by atoms with E-state index in [0.29, 0.717) is 12.1 Å². The number of hydrogen-bond donors (Lipinski definition) is 1. The molecule has 78 valence electrons.